The molecule has 1 aliphatic carbocycles. The first kappa shape index (κ1) is 22.7. The summed E-state index contributed by atoms with van der Waals surface area (Å²) in [6, 6.07) is 6.56. The first-order chi connectivity index (χ1) is 11.9. The minimum absolute atomic E-state index is 0. The highest BCUT2D eigenvalue weighted by Gasteiger charge is 2.42. The van der Waals surface area contributed by atoms with Crippen molar-refractivity contribution in [2.24, 2.45) is 10.4 Å². The third-order valence-electron chi connectivity index (χ3n) is 4.89. The second-order valence-corrected chi connectivity index (χ2v) is 7.07. The van der Waals surface area contributed by atoms with Crippen LogP contribution in [0.2, 0.25) is 0 Å². The molecule has 0 bridgehead atoms. The van der Waals surface area contributed by atoms with Crippen LogP contribution in [0.4, 0.5) is 4.39 Å². The van der Waals surface area contributed by atoms with Crippen molar-refractivity contribution < 1.29 is 9.18 Å². The highest BCUT2D eigenvalue weighted by atomic mass is 127. The molecule has 146 valence electrons. The number of benzene rings is 1. The monoisotopic (exact) mass is 476 g/mol. The van der Waals surface area contributed by atoms with Gasteiger partial charge in [0.1, 0.15) is 5.82 Å². The third kappa shape index (κ3) is 5.56. The highest BCUT2D eigenvalue weighted by molar-refractivity contribution is 14.0. The summed E-state index contributed by atoms with van der Waals surface area (Å²) in [4.78, 5) is 20.6. The molecule has 7 heteroatoms. The normalized spacial score (nSPS) is 16.0. The molecule has 0 aliphatic heterocycles. The molecule has 0 heterocycles. The first-order valence-electron chi connectivity index (χ1n) is 8.76. The average molecular weight is 476 g/mol. The maximum absolute atomic E-state index is 13.4. The van der Waals surface area contributed by atoms with Gasteiger partial charge in [-0.25, -0.2) is 4.39 Å². The Morgan fingerprint density at radius 3 is 2.46 bits per heavy atom. The average Bonchev–Trinajstić information content (AvgIpc) is 3.04. The van der Waals surface area contributed by atoms with Crippen molar-refractivity contribution in [3.05, 3.63) is 35.6 Å². The molecule has 0 spiro atoms. The van der Waals surface area contributed by atoms with Crippen LogP contribution in [0.3, 0.4) is 0 Å². The molecule has 2 rings (SSSR count). The van der Waals surface area contributed by atoms with Gasteiger partial charge in [-0.3, -0.25) is 9.79 Å². The van der Waals surface area contributed by atoms with Crippen LogP contribution in [0, 0.1) is 11.2 Å². The van der Waals surface area contributed by atoms with Gasteiger partial charge in [0.05, 0.1) is 5.41 Å². The lowest BCUT2D eigenvalue weighted by atomic mass is 9.84. The third-order valence-corrected chi connectivity index (χ3v) is 4.89. The standard InChI is InChI=1S/C19H29FN4O.HI/c1-21-18(24(4)13-15-8-7-9-16(20)12-15)22-14-19(10-5-6-11-19)17(25)23(2)3;/h7-9,12H,5-6,10-11,13-14H2,1-4H3,(H,21,22);1H. The maximum atomic E-state index is 13.4. The van der Waals surface area contributed by atoms with Gasteiger partial charge in [-0.2, -0.15) is 0 Å². The smallest absolute Gasteiger partial charge is 0.230 e. The van der Waals surface area contributed by atoms with E-state index in [0.29, 0.717) is 19.0 Å². The van der Waals surface area contributed by atoms with Gasteiger partial charge in [0.2, 0.25) is 5.91 Å². The molecule has 0 unspecified atom stereocenters. The number of nitrogens with one attached hydrogen (secondary N) is 1. The van der Waals surface area contributed by atoms with Crippen LogP contribution in [0.5, 0.6) is 0 Å². The number of aliphatic imine (C=N–C) groups is 1. The summed E-state index contributed by atoms with van der Waals surface area (Å²) in [7, 11) is 7.26. The number of hydrogen-bond acceptors (Lipinski definition) is 2. The summed E-state index contributed by atoms with van der Waals surface area (Å²) >= 11 is 0. The van der Waals surface area contributed by atoms with Crippen molar-refractivity contribution >= 4 is 35.8 Å². The summed E-state index contributed by atoms with van der Waals surface area (Å²) in [5.74, 6) is 0.651. The highest BCUT2D eigenvalue weighted by Crippen LogP contribution is 2.38. The van der Waals surface area contributed by atoms with Gasteiger partial charge in [-0.05, 0) is 30.5 Å². The molecule has 1 saturated carbocycles. The van der Waals surface area contributed by atoms with Gasteiger partial charge in [0.25, 0.3) is 0 Å². The van der Waals surface area contributed by atoms with E-state index >= 15 is 0 Å². The van der Waals surface area contributed by atoms with Crippen LogP contribution < -0.4 is 5.32 Å². The molecule has 0 atom stereocenters. The fourth-order valence-electron chi connectivity index (χ4n) is 3.61. The first-order valence-corrected chi connectivity index (χ1v) is 8.76. The van der Waals surface area contributed by atoms with Crippen LogP contribution in [-0.4, -0.2) is 56.4 Å². The van der Waals surface area contributed by atoms with E-state index in [0.717, 1.165) is 31.2 Å². The minimum Gasteiger partial charge on any atom is -0.355 e. The number of rotatable bonds is 5. The van der Waals surface area contributed by atoms with Crippen LogP contribution in [0.1, 0.15) is 31.2 Å². The Labute approximate surface area is 173 Å². The summed E-state index contributed by atoms with van der Waals surface area (Å²) in [6.07, 6.45) is 3.97. The molecule has 26 heavy (non-hydrogen) atoms. The number of halogens is 2. The van der Waals surface area contributed by atoms with Crippen LogP contribution in [-0.2, 0) is 11.3 Å². The van der Waals surface area contributed by atoms with Crippen molar-refractivity contribution in [2.45, 2.75) is 32.2 Å². The molecule has 1 aromatic carbocycles. The Morgan fingerprint density at radius 2 is 1.92 bits per heavy atom. The molecule has 5 nitrogen and oxygen atoms in total. The zero-order valence-electron chi connectivity index (χ0n) is 16.1. The number of nitrogens with zero attached hydrogens (tertiary/aromatic N) is 3. The summed E-state index contributed by atoms with van der Waals surface area (Å²) in [5.41, 5.74) is 0.532. The number of guanidine groups is 1. The van der Waals surface area contributed by atoms with E-state index in [1.165, 1.54) is 12.1 Å². The van der Waals surface area contributed by atoms with E-state index in [2.05, 4.69) is 10.3 Å². The van der Waals surface area contributed by atoms with Crippen molar-refractivity contribution in [3.8, 4) is 0 Å². The van der Waals surface area contributed by atoms with Gasteiger partial charge in [-0.1, -0.05) is 25.0 Å². The molecular formula is C19H30FIN4O. The van der Waals surface area contributed by atoms with E-state index in [-0.39, 0.29) is 41.1 Å². The van der Waals surface area contributed by atoms with Crippen molar-refractivity contribution in [1.82, 2.24) is 15.1 Å². The zero-order chi connectivity index (χ0) is 18.4. The number of hydrogen-bond donors (Lipinski definition) is 1. The maximum Gasteiger partial charge on any atom is 0.230 e. The predicted octanol–water partition coefficient (Wildman–Crippen LogP) is 3.10. The second-order valence-electron chi connectivity index (χ2n) is 7.07. The molecule has 0 radical (unpaired) electrons. The fourth-order valence-corrected chi connectivity index (χ4v) is 3.61. The molecule has 0 aromatic heterocycles. The number of carbonyl (C=O) groups is 1. The zero-order valence-corrected chi connectivity index (χ0v) is 18.4. The Kier molecular flexibility index (Phi) is 8.79. The lowest BCUT2D eigenvalue weighted by Crippen LogP contribution is -2.49. The van der Waals surface area contributed by atoms with Crippen LogP contribution >= 0.6 is 24.0 Å². The lowest BCUT2D eigenvalue weighted by Gasteiger charge is -2.32. The Hall–Kier alpha value is -1.38. The van der Waals surface area contributed by atoms with E-state index in [9.17, 15) is 9.18 Å². The lowest BCUT2D eigenvalue weighted by molar-refractivity contribution is -0.138. The topological polar surface area (TPSA) is 47.9 Å². The largest absolute Gasteiger partial charge is 0.355 e. The van der Waals surface area contributed by atoms with Gasteiger partial charge in [-0.15, -0.1) is 24.0 Å². The van der Waals surface area contributed by atoms with Gasteiger partial charge in [0, 0.05) is 41.3 Å². The van der Waals surface area contributed by atoms with Crippen molar-refractivity contribution in [1.29, 1.82) is 0 Å². The minimum atomic E-state index is -0.348. The van der Waals surface area contributed by atoms with E-state index in [1.54, 1.807) is 18.0 Å². The second kappa shape index (κ2) is 10.1. The Bertz CT molecular complexity index is 630. The summed E-state index contributed by atoms with van der Waals surface area (Å²) in [6.45, 7) is 1.12. The summed E-state index contributed by atoms with van der Waals surface area (Å²) < 4.78 is 13.4. The number of carbonyl (C=O) groups excluding carboxylic acids is 1. The van der Waals surface area contributed by atoms with Crippen LogP contribution in [0.25, 0.3) is 0 Å². The van der Waals surface area contributed by atoms with Crippen molar-refractivity contribution in [3.63, 3.8) is 0 Å². The molecule has 1 fully saturated rings. The Morgan fingerprint density at radius 1 is 1.27 bits per heavy atom. The molecule has 1 aromatic rings. The van der Waals surface area contributed by atoms with E-state index < -0.39 is 0 Å². The fraction of sp³-hybridized carbons (Fsp3) is 0.579. The SMILES string of the molecule is CN=C(NCC1(C(=O)N(C)C)CCCC1)N(C)Cc1cccc(F)c1.I. The Balaban J connectivity index is 0.00000338. The molecule has 1 N–H and O–H groups in total. The van der Waals surface area contributed by atoms with Crippen LogP contribution in [0.15, 0.2) is 29.3 Å². The van der Waals surface area contributed by atoms with Gasteiger partial charge < -0.3 is 15.1 Å². The quantitative estimate of drug-likeness (QED) is 0.404. The van der Waals surface area contributed by atoms with Crippen molar-refractivity contribution in [2.75, 3.05) is 34.7 Å². The molecular weight excluding hydrogens is 446 g/mol. The van der Waals surface area contributed by atoms with Gasteiger partial charge >= 0.3 is 0 Å². The van der Waals surface area contributed by atoms with E-state index in [4.69, 9.17) is 0 Å². The molecule has 1 amide bonds. The summed E-state index contributed by atoms with van der Waals surface area (Å²) in [5, 5.41) is 3.36. The number of amides is 1. The van der Waals surface area contributed by atoms with E-state index in [1.807, 2.05) is 32.1 Å². The predicted molar refractivity (Wildman–Crippen MR) is 114 cm³/mol. The van der Waals surface area contributed by atoms with Gasteiger partial charge in [0.15, 0.2) is 5.96 Å². The molecule has 0 saturated heterocycles. The molecule has 1 aliphatic rings.